The van der Waals surface area contributed by atoms with Gasteiger partial charge in [0.1, 0.15) is 6.10 Å². The molecule has 1 heterocycles. The quantitative estimate of drug-likeness (QED) is 0.746. The van der Waals surface area contributed by atoms with Crippen molar-refractivity contribution in [2.24, 2.45) is 5.92 Å². The zero-order chi connectivity index (χ0) is 15.0. The summed E-state index contributed by atoms with van der Waals surface area (Å²) < 4.78 is 11.0. The highest BCUT2D eigenvalue weighted by atomic mass is 16.5. The third-order valence-electron chi connectivity index (χ3n) is 3.65. The topological polar surface area (TPSA) is 41.9 Å². The first-order valence-electron chi connectivity index (χ1n) is 7.35. The van der Waals surface area contributed by atoms with Crippen LogP contribution in [0.1, 0.15) is 20.3 Å². The van der Waals surface area contributed by atoms with Gasteiger partial charge in [-0.1, -0.05) is 30.7 Å². The van der Waals surface area contributed by atoms with E-state index < -0.39 is 6.10 Å². The van der Waals surface area contributed by atoms with Crippen LogP contribution in [0.5, 0.6) is 0 Å². The molecule has 20 heavy (non-hydrogen) atoms. The Labute approximate surface area is 123 Å². The van der Waals surface area contributed by atoms with Crippen molar-refractivity contribution >= 4 is 0 Å². The Hall–Kier alpha value is -0.680. The number of nitrogens with zero attached hydrogens (tertiary/aromatic N) is 1. The van der Waals surface area contributed by atoms with Crippen LogP contribution < -0.4 is 0 Å². The summed E-state index contributed by atoms with van der Waals surface area (Å²) >= 11 is 0. The molecule has 4 heteroatoms. The molecule has 0 amide bonds. The summed E-state index contributed by atoms with van der Waals surface area (Å²) in [7, 11) is 3.73. The van der Waals surface area contributed by atoms with Gasteiger partial charge in [0, 0.05) is 26.1 Å². The van der Waals surface area contributed by atoms with E-state index in [1.807, 2.05) is 19.9 Å². The summed E-state index contributed by atoms with van der Waals surface area (Å²) in [5.74, 6) is 0.0406. The normalized spacial score (nSPS) is 35.9. The van der Waals surface area contributed by atoms with Gasteiger partial charge in [-0.2, -0.15) is 0 Å². The lowest BCUT2D eigenvalue weighted by Crippen LogP contribution is -2.32. The van der Waals surface area contributed by atoms with Crippen molar-refractivity contribution in [1.82, 2.24) is 4.90 Å². The molecule has 0 saturated heterocycles. The first kappa shape index (κ1) is 17.4. The van der Waals surface area contributed by atoms with Crippen LogP contribution in [0.4, 0.5) is 0 Å². The van der Waals surface area contributed by atoms with Crippen molar-refractivity contribution in [3.8, 4) is 0 Å². The number of aliphatic hydroxyl groups excluding tert-OH is 1. The highest BCUT2D eigenvalue weighted by Crippen LogP contribution is 2.15. The van der Waals surface area contributed by atoms with Crippen LogP contribution >= 0.6 is 0 Å². The van der Waals surface area contributed by atoms with Gasteiger partial charge in [-0.3, -0.25) is 0 Å². The van der Waals surface area contributed by atoms with Crippen LogP contribution in [0.2, 0.25) is 0 Å². The van der Waals surface area contributed by atoms with Gasteiger partial charge in [0.05, 0.1) is 19.3 Å². The number of rotatable bonds is 1. The second kappa shape index (κ2) is 9.29. The van der Waals surface area contributed by atoms with Crippen LogP contribution in [0.25, 0.3) is 0 Å². The molecule has 1 N–H and O–H groups in total. The van der Waals surface area contributed by atoms with Crippen molar-refractivity contribution in [3.63, 3.8) is 0 Å². The van der Waals surface area contributed by atoms with E-state index in [0.717, 1.165) is 31.7 Å². The number of likely N-dealkylation sites (N-methyl/N-ethyl adjacent to an activating group) is 1. The Balaban J connectivity index is 2.75. The Morgan fingerprint density at radius 3 is 2.85 bits per heavy atom. The molecular formula is C16H29NO3. The van der Waals surface area contributed by atoms with Gasteiger partial charge in [-0.15, -0.1) is 0 Å². The maximum absolute atomic E-state index is 10.3. The molecule has 0 radical (unpaired) electrons. The van der Waals surface area contributed by atoms with Crippen molar-refractivity contribution in [3.05, 3.63) is 23.8 Å². The van der Waals surface area contributed by atoms with Gasteiger partial charge in [0.25, 0.3) is 0 Å². The lowest BCUT2D eigenvalue weighted by Gasteiger charge is -2.24. The van der Waals surface area contributed by atoms with E-state index in [-0.39, 0.29) is 12.0 Å². The number of hydrogen-bond donors (Lipinski definition) is 1. The third kappa shape index (κ3) is 6.18. The zero-order valence-electron chi connectivity index (χ0n) is 13.2. The predicted octanol–water partition coefficient (Wildman–Crippen LogP) is 1.85. The molecule has 0 aromatic heterocycles. The first-order valence-corrected chi connectivity index (χ1v) is 7.35. The molecule has 3 atom stereocenters. The van der Waals surface area contributed by atoms with Gasteiger partial charge >= 0.3 is 0 Å². The highest BCUT2D eigenvalue weighted by molar-refractivity contribution is 5.05. The average Bonchev–Trinajstić information content (AvgIpc) is 2.42. The fourth-order valence-corrected chi connectivity index (χ4v) is 2.32. The van der Waals surface area contributed by atoms with Gasteiger partial charge in [0.2, 0.25) is 0 Å². The molecule has 0 spiro atoms. The predicted molar refractivity (Wildman–Crippen MR) is 81.8 cm³/mol. The lowest BCUT2D eigenvalue weighted by molar-refractivity contribution is -0.00210. The van der Waals surface area contributed by atoms with Crippen LogP contribution in [0.15, 0.2) is 23.8 Å². The SMILES string of the molecule is CO[C@H]1/C=C/CCN(C)CCOC/C(C)=C\[C@@H](C)[C@@H]1O. The molecule has 1 aliphatic rings. The highest BCUT2D eigenvalue weighted by Gasteiger charge is 2.21. The Morgan fingerprint density at radius 1 is 1.40 bits per heavy atom. The number of methoxy groups -OCH3 is 1. The lowest BCUT2D eigenvalue weighted by atomic mass is 9.97. The summed E-state index contributed by atoms with van der Waals surface area (Å²) in [6.07, 6.45) is 6.28. The average molecular weight is 283 g/mol. The number of aliphatic hydroxyl groups is 1. The molecule has 0 saturated carbocycles. The molecule has 0 bridgehead atoms. The van der Waals surface area contributed by atoms with Gasteiger partial charge in [0.15, 0.2) is 0 Å². The molecule has 1 aliphatic heterocycles. The van der Waals surface area contributed by atoms with Crippen LogP contribution in [-0.2, 0) is 9.47 Å². The molecule has 0 aliphatic carbocycles. The van der Waals surface area contributed by atoms with E-state index in [4.69, 9.17) is 9.47 Å². The van der Waals surface area contributed by atoms with Crippen LogP contribution in [0, 0.1) is 5.92 Å². The van der Waals surface area contributed by atoms with E-state index in [1.165, 1.54) is 0 Å². The van der Waals surface area contributed by atoms with Gasteiger partial charge in [-0.25, -0.2) is 0 Å². The first-order chi connectivity index (χ1) is 9.54. The van der Waals surface area contributed by atoms with Crippen molar-refractivity contribution in [2.75, 3.05) is 40.5 Å². The van der Waals surface area contributed by atoms with Crippen molar-refractivity contribution in [1.29, 1.82) is 0 Å². The van der Waals surface area contributed by atoms with E-state index in [9.17, 15) is 5.11 Å². The fourth-order valence-electron chi connectivity index (χ4n) is 2.32. The summed E-state index contributed by atoms with van der Waals surface area (Å²) in [6, 6.07) is 0. The smallest absolute Gasteiger partial charge is 0.102 e. The number of ether oxygens (including phenoxy) is 2. The van der Waals surface area contributed by atoms with E-state index in [0.29, 0.717) is 6.61 Å². The molecule has 1 rings (SSSR count). The van der Waals surface area contributed by atoms with Crippen LogP contribution in [0.3, 0.4) is 0 Å². The van der Waals surface area contributed by atoms with Gasteiger partial charge in [-0.05, 0) is 20.4 Å². The second-order valence-corrected chi connectivity index (χ2v) is 5.64. The minimum atomic E-state index is -0.535. The summed E-state index contributed by atoms with van der Waals surface area (Å²) in [6.45, 7) is 7.33. The van der Waals surface area contributed by atoms with Gasteiger partial charge < -0.3 is 19.5 Å². The standard InChI is InChI=1S/C16H29NO3/c1-13-11-14(2)16(18)15(19-4)7-5-6-8-17(3)9-10-20-12-13/h5,7,11,14-16,18H,6,8-10,12H2,1-4H3/b7-5+,13-11-/t14-,15+,16+/m1/s1. The fraction of sp³-hybridized carbons (Fsp3) is 0.750. The molecule has 0 aromatic rings. The van der Waals surface area contributed by atoms with E-state index in [1.54, 1.807) is 7.11 Å². The van der Waals surface area contributed by atoms with Crippen molar-refractivity contribution in [2.45, 2.75) is 32.5 Å². The molecule has 0 fully saturated rings. The second-order valence-electron chi connectivity index (χ2n) is 5.64. The molecular weight excluding hydrogens is 254 g/mol. The summed E-state index contributed by atoms with van der Waals surface area (Å²) in [5, 5.41) is 10.3. The Bertz CT molecular complexity index is 328. The molecule has 4 nitrogen and oxygen atoms in total. The number of hydrogen-bond acceptors (Lipinski definition) is 4. The minimum Gasteiger partial charge on any atom is -0.389 e. The Kier molecular flexibility index (Phi) is 8.07. The molecule has 0 unspecified atom stereocenters. The van der Waals surface area contributed by atoms with E-state index in [2.05, 4.69) is 24.1 Å². The molecule has 116 valence electrons. The van der Waals surface area contributed by atoms with E-state index >= 15 is 0 Å². The largest absolute Gasteiger partial charge is 0.389 e. The maximum Gasteiger partial charge on any atom is 0.102 e. The van der Waals surface area contributed by atoms with Crippen LogP contribution in [-0.4, -0.2) is 62.7 Å². The third-order valence-corrected chi connectivity index (χ3v) is 3.65. The van der Waals surface area contributed by atoms with Crippen molar-refractivity contribution < 1.29 is 14.6 Å². The molecule has 0 aromatic carbocycles. The minimum absolute atomic E-state index is 0.0406. The summed E-state index contributed by atoms with van der Waals surface area (Å²) in [5.41, 5.74) is 1.15. The maximum atomic E-state index is 10.3. The Morgan fingerprint density at radius 2 is 2.15 bits per heavy atom. The summed E-state index contributed by atoms with van der Waals surface area (Å²) in [4.78, 5) is 2.25. The monoisotopic (exact) mass is 283 g/mol. The zero-order valence-corrected chi connectivity index (χ0v) is 13.2.